The number of thioether (sulfide) groups is 1. The molecule has 2 aromatic rings. The molecule has 0 spiro atoms. The van der Waals surface area contributed by atoms with Crippen molar-refractivity contribution < 1.29 is 9.90 Å². The van der Waals surface area contributed by atoms with Gasteiger partial charge in [-0.3, -0.25) is 0 Å². The second kappa shape index (κ2) is 5.26. The molecular weight excluding hydrogens is 330 g/mol. The number of aromatic carboxylic acids is 1. The fourth-order valence-electron chi connectivity index (χ4n) is 1.79. The van der Waals surface area contributed by atoms with Crippen LogP contribution in [0.25, 0.3) is 5.69 Å². The Bertz CT molecular complexity index is 655. The minimum atomic E-state index is -1.07. The lowest BCUT2D eigenvalue weighted by Crippen LogP contribution is -2.06. The Morgan fingerprint density at radius 1 is 1.53 bits per heavy atom. The van der Waals surface area contributed by atoms with Crippen LogP contribution in [0.2, 0.25) is 0 Å². The summed E-state index contributed by atoms with van der Waals surface area (Å²) >= 11 is 4.65. The zero-order valence-electron chi connectivity index (χ0n) is 10.3. The van der Waals surface area contributed by atoms with Gasteiger partial charge in [-0.2, -0.15) is 5.10 Å². The van der Waals surface area contributed by atoms with Crippen molar-refractivity contribution in [3.63, 3.8) is 0 Å². The third kappa shape index (κ3) is 2.48. The third-order valence-corrected chi connectivity index (χ3v) is 3.85. The molecule has 100 valence electrons. The maximum absolute atomic E-state index is 11.2. The zero-order chi connectivity index (χ0) is 14.2. The van der Waals surface area contributed by atoms with E-state index in [4.69, 9.17) is 5.73 Å². The SMILES string of the molecule is CSc1nn(-c2ccc(Br)cc2C)c(N)c1C(=O)O. The summed E-state index contributed by atoms with van der Waals surface area (Å²) in [6.07, 6.45) is 1.77. The molecule has 0 aliphatic carbocycles. The van der Waals surface area contributed by atoms with Gasteiger partial charge in [-0.25, -0.2) is 9.48 Å². The maximum Gasteiger partial charge on any atom is 0.342 e. The average molecular weight is 342 g/mol. The highest BCUT2D eigenvalue weighted by atomic mass is 79.9. The fraction of sp³-hybridized carbons (Fsp3) is 0.167. The zero-order valence-corrected chi connectivity index (χ0v) is 12.7. The van der Waals surface area contributed by atoms with Gasteiger partial charge in [-0.15, -0.1) is 11.8 Å². The van der Waals surface area contributed by atoms with Crippen LogP contribution in [0.4, 0.5) is 5.82 Å². The number of aromatic nitrogens is 2. The highest BCUT2D eigenvalue weighted by Crippen LogP contribution is 2.29. The van der Waals surface area contributed by atoms with Gasteiger partial charge in [-0.05, 0) is 36.9 Å². The van der Waals surface area contributed by atoms with E-state index >= 15 is 0 Å². The summed E-state index contributed by atoms with van der Waals surface area (Å²) in [5.41, 5.74) is 7.68. The molecule has 19 heavy (non-hydrogen) atoms. The first-order chi connectivity index (χ1) is 8.95. The molecule has 0 saturated heterocycles. The maximum atomic E-state index is 11.2. The van der Waals surface area contributed by atoms with Crippen LogP contribution in [-0.4, -0.2) is 27.1 Å². The number of nitrogens with zero attached hydrogens (tertiary/aromatic N) is 2. The number of hydrogen-bond donors (Lipinski definition) is 2. The van der Waals surface area contributed by atoms with Crippen molar-refractivity contribution in [2.24, 2.45) is 0 Å². The second-order valence-corrected chi connectivity index (χ2v) is 5.63. The van der Waals surface area contributed by atoms with E-state index in [9.17, 15) is 9.90 Å². The van der Waals surface area contributed by atoms with E-state index < -0.39 is 5.97 Å². The summed E-state index contributed by atoms with van der Waals surface area (Å²) in [6, 6.07) is 5.64. The Labute approximate surface area is 122 Å². The molecule has 2 rings (SSSR count). The molecule has 1 aromatic carbocycles. The number of nitrogen functional groups attached to an aromatic ring is 1. The molecule has 1 aromatic heterocycles. The van der Waals surface area contributed by atoms with Gasteiger partial charge in [0.25, 0.3) is 0 Å². The minimum Gasteiger partial charge on any atom is -0.477 e. The highest BCUT2D eigenvalue weighted by molar-refractivity contribution is 9.10. The topological polar surface area (TPSA) is 81.1 Å². The van der Waals surface area contributed by atoms with E-state index in [0.29, 0.717) is 5.03 Å². The van der Waals surface area contributed by atoms with E-state index in [1.54, 1.807) is 6.26 Å². The van der Waals surface area contributed by atoms with Crippen LogP contribution in [0.3, 0.4) is 0 Å². The van der Waals surface area contributed by atoms with Gasteiger partial charge in [0.15, 0.2) is 0 Å². The van der Waals surface area contributed by atoms with E-state index in [-0.39, 0.29) is 11.4 Å². The van der Waals surface area contributed by atoms with Crippen molar-refractivity contribution in [3.8, 4) is 5.69 Å². The molecule has 0 radical (unpaired) electrons. The van der Waals surface area contributed by atoms with Crippen molar-refractivity contribution >= 4 is 39.5 Å². The summed E-state index contributed by atoms with van der Waals surface area (Å²) in [6.45, 7) is 1.92. The molecule has 0 bridgehead atoms. The largest absolute Gasteiger partial charge is 0.477 e. The smallest absolute Gasteiger partial charge is 0.342 e. The predicted molar refractivity (Wildman–Crippen MR) is 79.2 cm³/mol. The molecule has 0 unspecified atom stereocenters. The van der Waals surface area contributed by atoms with Crippen molar-refractivity contribution in [1.29, 1.82) is 0 Å². The normalized spacial score (nSPS) is 10.7. The summed E-state index contributed by atoms with van der Waals surface area (Å²) in [5, 5.41) is 13.9. The first-order valence-electron chi connectivity index (χ1n) is 5.38. The van der Waals surface area contributed by atoms with Crippen LogP contribution in [0.1, 0.15) is 15.9 Å². The van der Waals surface area contributed by atoms with Crippen LogP contribution >= 0.6 is 27.7 Å². The second-order valence-electron chi connectivity index (χ2n) is 3.92. The van der Waals surface area contributed by atoms with Crippen molar-refractivity contribution in [2.75, 3.05) is 12.0 Å². The van der Waals surface area contributed by atoms with Gasteiger partial charge >= 0.3 is 5.97 Å². The van der Waals surface area contributed by atoms with E-state index in [1.165, 1.54) is 16.4 Å². The number of carbonyl (C=O) groups is 1. The monoisotopic (exact) mass is 341 g/mol. The molecule has 0 saturated carbocycles. The van der Waals surface area contributed by atoms with Gasteiger partial charge in [-0.1, -0.05) is 15.9 Å². The number of halogens is 1. The number of anilines is 1. The summed E-state index contributed by atoms with van der Waals surface area (Å²) in [5.74, 6) is -0.926. The third-order valence-electron chi connectivity index (χ3n) is 2.68. The van der Waals surface area contributed by atoms with Crippen LogP contribution < -0.4 is 5.73 Å². The Hall–Kier alpha value is -1.47. The number of hydrogen-bond acceptors (Lipinski definition) is 4. The van der Waals surface area contributed by atoms with Crippen LogP contribution in [0, 0.1) is 6.92 Å². The number of benzene rings is 1. The lowest BCUT2D eigenvalue weighted by Gasteiger charge is -2.08. The molecule has 0 aliphatic heterocycles. The molecule has 1 heterocycles. The standard InChI is InChI=1S/C12H12BrN3O2S/c1-6-5-7(13)3-4-8(6)16-10(14)9(12(17)18)11(15-16)19-2/h3-5H,14H2,1-2H3,(H,17,18). The Morgan fingerprint density at radius 3 is 2.68 bits per heavy atom. The number of carboxylic acids is 1. The molecule has 7 heteroatoms. The molecule has 0 atom stereocenters. The Morgan fingerprint density at radius 2 is 2.21 bits per heavy atom. The molecule has 0 aliphatic rings. The lowest BCUT2D eigenvalue weighted by molar-refractivity contribution is 0.0694. The van der Waals surface area contributed by atoms with Crippen molar-refractivity contribution in [3.05, 3.63) is 33.8 Å². The quantitative estimate of drug-likeness (QED) is 0.838. The van der Waals surface area contributed by atoms with Crippen molar-refractivity contribution in [1.82, 2.24) is 9.78 Å². The number of nitrogens with two attached hydrogens (primary N) is 1. The highest BCUT2D eigenvalue weighted by Gasteiger charge is 2.22. The Balaban J connectivity index is 2.66. The van der Waals surface area contributed by atoms with E-state index in [2.05, 4.69) is 21.0 Å². The molecule has 0 fully saturated rings. The number of aryl methyl sites for hydroxylation is 1. The minimum absolute atomic E-state index is 0.0508. The van der Waals surface area contributed by atoms with Gasteiger partial charge < -0.3 is 10.8 Å². The average Bonchev–Trinajstić information content (AvgIpc) is 2.66. The molecule has 3 N–H and O–H groups in total. The van der Waals surface area contributed by atoms with E-state index in [0.717, 1.165) is 15.7 Å². The van der Waals surface area contributed by atoms with Crippen LogP contribution in [-0.2, 0) is 0 Å². The number of carboxylic acid groups (broad SMARTS) is 1. The van der Waals surface area contributed by atoms with Gasteiger partial charge in [0.2, 0.25) is 0 Å². The fourth-order valence-corrected chi connectivity index (χ4v) is 2.83. The van der Waals surface area contributed by atoms with Gasteiger partial charge in [0.05, 0.1) is 5.69 Å². The lowest BCUT2D eigenvalue weighted by atomic mass is 10.2. The summed E-state index contributed by atoms with van der Waals surface area (Å²) in [7, 11) is 0. The first-order valence-corrected chi connectivity index (χ1v) is 7.39. The Kier molecular flexibility index (Phi) is 3.86. The first kappa shape index (κ1) is 14.0. The van der Waals surface area contributed by atoms with Gasteiger partial charge in [0.1, 0.15) is 16.4 Å². The van der Waals surface area contributed by atoms with Crippen LogP contribution in [0.15, 0.2) is 27.7 Å². The molecule has 0 amide bonds. The summed E-state index contributed by atoms with van der Waals surface area (Å²) < 4.78 is 2.42. The van der Waals surface area contributed by atoms with Crippen LogP contribution in [0.5, 0.6) is 0 Å². The summed E-state index contributed by atoms with van der Waals surface area (Å²) in [4.78, 5) is 11.2. The van der Waals surface area contributed by atoms with Gasteiger partial charge in [0, 0.05) is 4.47 Å². The molecular formula is C12H12BrN3O2S. The van der Waals surface area contributed by atoms with E-state index in [1.807, 2.05) is 25.1 Å². The van der Waals surface area contributed by atoms with Crippen molar-refractivity contribution in [2.45, 2.75) is 11.9 Å². The molecule has 5 nitrogen and oxygen atoms in total. The predicted octanol–water partition coefficient (Wildman–Crippen LogP) is 2.95. The number of rotatable bonds is 3.